The second-order valence-corrected chi connectivity index (χ2v) is 6.73. The monoisotopic (exact) mass is 365 g/mol. The Morgan fingerprint density at radius 2 is 1.62 bits per heavy atom. The summed E-state index contributed by atoms with van der Waals surface area (Å²) in [4.78, 5) is 25.9. The van der Waals surface area contributed by atoms with Gasteiger partial charge in [-0.05, 0) is 28.6 Å². The van der Waals surface area contributed by atoms with Gasteiger partial charge in [0.2, 0.25) is 5.78 Å². The molecule has 4 nitrogen and oxygen atoms in total. The van der Waals surface area contributed by atoms with Gasteiger partial charge in [0.15, 0.2) is 0 Å². The number of nitrogens with one attached hydrogen (secondary N) is 1. The van der Waals surface area contributed by atoms with Crippen molar-refractivity contribution in [1.29, 1.82) is 0 Å². The number of hydrogen-bond donors (Lipinski definition) is 1. The van der Waals surface area contributed by atoms with Gasteiger partial charge in [-0.25, -0.2) is 0 Å². The van der Waals surface area contributed by atoms with E-state index in [0.717, 1.165) is 11.1 Å². The standard InChI is InChI=1S/C21H19NO3S/c1-25-14-16-10-8-15(9-11-16)13-22-21(24)18-6-3-2-5-17(18)20(23)19-7-4-12-26-19/h2-12H,13-14H2,1H3,(H,22,24). The SMILES string of the molecule is COCc1ccc(CNC(=O)c2ccccc2C(=O)c2cccs2)cc1. The molecule has 1 N–H and O–H groups in total. The Morgan fingerprint density at radius 3 is 2.27 bits per heavy atom. The summed E-state index contributed by atoms with van der Waals surface area (Å²) in [6, 6.07) is 18.4. The maximum atomic E-state index is 12.6. The fourth-order valence-electron chi connectivity index (χ4n) is 2.62. The van der Waals surface area contributed by atoms with Crippen LogP contribution in [0, 0.1) is 0 Å². The summed E-state index contributed by atoms with van der Waals surface area (Å²) in [6.45, 7) is 0.957. The maximum absolute atomic E-state index is 12.6. The average molecular weight is 365 g/mol. The van der Waals surface area contributed by atoms with Crippen molar-refractivity contribution in [3.63, 3.8) is 0 Å². The van der Waals surface area contributed by atoms with Gasteiger partial charge in [-0.15, -0.1) is 11.3 Å². The number of hydrogen-bond acceptors (Lipinski definition) is 4. The average Bonchev–Trinajstić information content (AvgIpc) is 3.22. The number of rotatable bonds is 7. The zero-order chi connectivity index (χ0) is 18.4. The second-order valence-electron chi connectivity index (χ2n) is 5.78. The van der Waals surface area contributed by atoms with Crippen molar-refractivity contribution in [2.45, 2.75) is 13.2 Å². The highest BCUT2D eigenvalue weighted by atomic mass is 32.1. The van der Waals surface area contributed by atoms with E-state index in [0.29, 0.717) is 29.2 Å². The van der Waals surface area contributed by atoms with Gasteiger partial charge in [0.25, 0.3) is 5.91 Å². The first-order valence-corrected chi connectivity index (χ1v) is 9.09. The van der Waals surface area contributed by atoms with Gasteiger partial charge in [0, 0.05) is 19.2 Å². The molecule has 0 aliphatic rings. The predicted molar refractivity (Wildman–Crippen MR) is 103 cm³/mol. The fourth-order valence-corrected chi connectivity index (χ4v) is 3.30. The first kappa shape index (κ1) is 18.0. The van der Waals surface area contributed by atoms with Crippen molar-refractivity contribution < 1.29 is 14.3 Å². The molecule has 0 radical (unpaired) electrons. The van der Waals surface area contributed by atoms with Gasteiger partial charge in [-0.1, -0.05) is 48.5 Å². The van der Waals surface area contributed by atoms with Gasteiger partial charge < -0.3 is 10.1 Å². The minimum Gasteiger partial charge on any atom is -0.380 e. The van der Waals surface area contributed by atoms with Crippen molar-refractivity contribution in [1.82, 2.24) is 5.32 Å². The van der Waals surface area contributed by atoms with E-state index in [1.807, 2.05) is 35.7 Å². The Bertz CT molecular complexity index is 886. The highest BCUT2D eigenvalue weighted by molar-refractivity contribution is 7.12. The number of benzene rings is 2. The quantitative estimate of drug-likeness (QED) is 0.643. The molecule has 0 unspecified atom stereocenters. The van der Waals surface area contributed by atoms with Gasteiger partial charge in [-0.2, -0.15) is 0 Å². The van der Waals surface area contributed by atoms with Gasteiger partial charge in [-0.3, -0.25) is 9.59 Å². The molecular weight excluding hydrogens is 346 g/mol. The largest absolute Gasteiger partial charge is 0.380 e. The lowest BCUT2D eigenvalue weighted by molar-refractivity contribution is 0.0940. The molecular formula is C21H19NO3S. The minimum absolute atomic E-state index is 0.130. The first-order valence-electron chi connectivity index (χ1n) is 8.21. The van der Waals surface area contributed by atoms with E-state index >= 15 is 0 Å². The summed E-state index contributed by atoms with van der Waals surface area (Å²) in [5, 5.41) is 4.74. The number of thiophene rings is 1. The number of amides is 1. The topological polar surface area (TPSA) is 55.4 Å². The molecule has 0 bridgehead atoms. The summed E-state index contributed by atoms with van der Waals surface area (Å²) in [7, 11) is 1.66. The normalized spacial score (nSPS) is 10.5. The van der Waals surface area contributed by atoms with E-state index < -0.39 is 0 Å². The number of ether oxygens (including phenoxy) is 1. The van der Waals surface area contributed by atoms with Crippen LogP contribution < -0.4 is 5.32 Å². The molecule has 0 atom stereocenters. The molecule has 0 aliphatic heterocycles. The van der Waals surface area contributed by atoms with Crippen LogP contribution in [-0.4, -0.2) is 18.8 Å². The summed E-state index contributed by atoms with van der Waals surface area (Å²) in [5.41, 5.74) is 2.87. The van der Waals surface area contributed by atoms with Crippen molar-refractivity contribution in [3.8, 4) is 0 Å². The Morgan fingerprint density at radius 1 is 0.923 bits per heavy atom. The van der Waals surface area contributed by atoms with Crippen LogP contribution in [0.4, 0.5) is 0 Å². The third-order valence-electron chi connectivity index (χ3n) is 3.95. The van der Waals surface area contributed by atoms with Gasteiger partial charge in [0.05, 0.1) is 17.0 Å². The fraction of sp³-hybridized carbons (Fsp3) is 0.143. The molecule has 0 aliphatic carbocycles. The lowest BCUT2D eigenvalue weighted by atomic mass is 10.0. The lowest BCUT2D eigenvalue weighted by Gasteiger charge is -2.09. The van der Waals surface area contributed by atoms with E-state index in [2.05, 4.69) is 5.32 Å². The summed E-state index contributed by atoms with van der Waals surface area (Å²) < 4.78 is 5.09. The molecule has 2 aromatic carbocycles. The predicted octanol–water partition coefficient (Wildman–Crippen LogP) is 4.06. The molecule has 3 rings (SSSR count). The van der Waals surface area contributed by atoms with E-state index in [9.17, 15) is 9.59 Å². The molecule has 0 saturated carbocycles. The van der Waals surface area contributed by atoms with Crippen molar-refractivity contribution >= 4 is 23.0 Å². The summed E-state index contributed by atoms with van der Waals surface area (Å²) >= 11 is 1.37. The molecule has 1 amide bonds. The lowest BCUT2D eigenvalue weighted by Crippen LogP contribution is -2.25. The van der Waals surface area contributed by atoms with Crippen LogP contribution in [0.1, 0.15) is 36.7 Å². The zero-order valence-electron chi connectivity index (χ0n) is 14.4. The Hall–Kier alpha value is -2.76. The van der Waals surface area contributed by atoms with E-state index in [4.69, 9.17) is 4.74 Å². The molecule has 5 heteroatoms. The maximum Gasteiger partial charge on any atom is 0.252 e. The van der Waals surface area contributed by atoms with Crippen LogP contribution in [0.2, 0.25) is 0 Å². The molecule has 1 heterocycles. The van der Waals surface area contributed by atoms with Crippen molar-refractivity contribution in [2.24, 2.45) is 0 Å². The Labute approximate surface area is 156 Å². The molecule has 3 aromatic rings. The highest BCUT2D eigenvalue weighted by Crippen LogP contribution is 2.18. The first-order chi connectivity index (χ1) is 12.7. The highest BCUT2D eigenvalue weighted by Gasteiger charge is 2.18. The number of carbonyl (C=O) groups is 2. The smallest absolute Gasteiger partial charge is 0.252 e. The molecule has 0 spiro atoms. The third kappa shape index (κ3) is 4.25. The molecule has 132 valence electrons. The van der Waals surface area contributed by atoms with Crippen LogP contribution in [0.3, 0.4) is 0 Å². The van der Waals surface area contributed by atoms with Crippen LogP contribution >= 0.6 is 11.3 Å². The zero-order valence-corrected chi connectivity index (χ0v) is 15.2. The Balaban J connectivity index is 1.71. The van der Waals surface area contributed by atoms with Crippen LogP contribution in [0.5, 0.6) is 0 Å². The van der Waals surface area contributed by atoms with Crippen molar-refractivity contribution in [2.75, 3.05) is 7.11 Å². The third-order valence-corrected chi connectivity index (χ3v) is 4.82. The van der Waals surface area contributed by atoms with E-state index in [-0.39, 0.29) is 11.7 Å². The van der Waals surface area contributed by atoms with E-state index in [1.165, 1.54) is 11.3 Å². The van der Waals surface area contributed by atoms with E-state index in [1.54, 1.807) is 37.4 Å². The van der Waals surface area contributed by atoms with Crippen LogP contribution in [0.15, 0.2) is 66.0 Å². The molecule has 26 heavy (non-hydrogen) atoms. The Kier molecular flexibility index (Phi) is 5.94. The number of methoxy groups -OCH3 is 1. The van der Waals surface area contributed by atoms with Crippen LogP contribution in [-0.2, 0) is 17.9 Å². The van der Waals surface area contributed by atoms with Gasteiger partial charge >= 0.3 is 0 Å². The molecule has 1 aromatic heterocycles. The minimum atomic E-state index is -0.258. The molecule has 0 fully saturated rings. The van der Waals surface area contributed by atoms with Crippen molar-refractivity contribution in [3.05, 3.63) is 93.2 Å². The number of carbonyl (C=O) groups excluding carboxylic acids is 2. The van der Waals surface area contributed by atoms with Gasteiger partial charge in [0.1, 0.15) is 0 Å². The number of ketones is 1. The second kappa shape index (κ2) is 8.56. The summed E-state index contributed by atoms with van der Waals surface area (Å²) in [6.07, 6.45) is 0. The summed E-state index contributed by atoms with van der Waals surface area (Å²) in [5.74, 6) is -0.388. The molecule has 0 saturated heterocycles. The van der Waals surface area contributed by atoms with Crippen LogP contribution in [0.25, 0.3) is 0 Å².